The molecule has 0 aliphatic carbocycles. The van der Waals surface area contributed by atoms with Crippen LogP contribution < -0.4 is 5.23 Å². The molecule has 1 aromatic heterocycles. The molecule has 3 N–H and O–H groups in total. The summed E-state index contributed by atoms with van der Waals surface area (Å²) in [4.78, 5) is 3.92. The number of rotatable bonds is 5. The third kappa shape index (κ3) is 3.85. The van der Waals surface area contributed by atoms with Gasteiger partial charge in [0.2, 0.25) is 0 Å². The first-order valence-electron chi connectivity index (χ1n) is 4.79. The molecule has 4 nitrogen and oxygen atoms in total. The Bertz CT molecular complexity index is 312. The van der Waals surface area contributed by atoms with Gasteiger partial charge in [-0.2, -0.15) is 0 Å². The van der Waals surface area contributed by atoms with Crippen molar-refractivity contribution in [3.63, 3.8) is 0 Å². The van der Waals surface area contributed by atoms with E-state index < -0.39 is 13.2 Å². The van der Waals surface area contributed by atoms with Crippen molar-refractivity contribution in [2.45, 2.75) is 19.4 Å². The number of nitrogens with one attached hydrogen (secondary N) is 1. The van der Waals surface area contributed by atoms with Crippen molar-refractivity contribution in [1.29, 1.82) is 0 Å². The summed E-state index contributed by atoms with van der Waals surface area (Å²) in [6.07, 6.45) is 0.329. The maximum atomic E-state index is 13.4. The van der Waals surface area contributed by atoms with Crippen molar-refractivity contribution >= 4 is 12.9 Å². The molecule has 15 heavy (non-hydrogen) atoms. The smallest absolute Gasteiger partial charge is 0.408 e. The van der Waals surface area contributed by atoms with Gasteiger partial charge in [-0.15, -0.1) is 0 Å². The quantitative estimate of drug-likeness (QED) is 0.637. The Morgan fingerprint density at radius 3 is 3.00 bits per heavy atom. The molecule has 1 unspecified atom stereocenters. The van der Waals surface area contributed by atoms with E-state index in [1.165, 1.54) is 12.3 Å². The predicted octanol–water partition coefficient (Wildman–Crippen LogP) is 0.997. The first kappa shape index (κ1) is 11.9. The normalized spacial score (nSPS) is 12.3. The van der Waals surface area contributed by atoms with Crippen LogP contribution in [0, 0.1) is 0 Å². The van der Waals surface area contributed by atoms with E-state index in [1.54, 1.807) is 12.9 Å². The van der Waals surface area contributed by atoms with Crippen LogP contribution in [0.25, 0.3) is 0 Å². The number of halogens is 1. The van der Waals surface area contributed by atoms with Crippen LogP contribution in [0.1, 0.15) is 18.2 Å². The van der Waals surface area contributed by atoms with Crippen LogP contribution in [0.15, 0.2) is 18.3 Å². The maximum absolute atomic E-state index is 13.4. The molecule has 1 heterocycles. The third-order valence-electron chi connectivity index (χ3n) is 1.88. The summed E-state index contributed by atoms with van der Waals surface area (Å²) in [5, 5.41) is 20.3. The fourth-order valence-electron chi connectivity index (χ4n) is 1.21. The van der Waals surface area contributed by atoms with Crippen molar-refractivity contribution in [1.82, 2.24) is 4.98 Å². The van der Waals surface area contributed by atoms with E-state index in [1.807, 2.05) is 0 Å². The largest absolute Gasteiger partial charge is 0.433 e. The summed E-state index contributed by atoms with van der Waals surface area (Å²) in [5.41, 5.74) is 0.446. The van der Waals surface area contributed by atoms with E-state index in [-0.39, 0.29) is 13.0 Å². The van der Waals surface area contributed by atoms with E-state index >= 15 is 0 Å². The highest BCUT2D eigenvalue weighted by Crippen LogP contribution is 2.22. The van der Waals surface area contributed by atoms with Crippen LogP contribution in [0.2, 0.25) is 6.82 Å². The molecule has 82 valence electrons. The monoisotopic (exact) mass is 212 g/mol. The minimum atomic E-state index is -1.20. The lowest BCUT2D eigenvalue weighted by molar-refractivity contribution is 0.222. The lowest BCUT2D eigenvalue weighted by atomic mass is 9.89. The van der Waals surface area contributed by atoms with E-state index in [2.05, 4.69) is 10.2 Å². The highest BCUT2D eigenvalue weighted by atomic mass is 19.1. The molecule has 0 aromatic carbocycles. The summed E-state index contributed by atoms with van der Waals surface area (Å²) < 4.78 is 13.4. The van der Waals surface area contributed by atoms with Gasteiger partial charge in [0.1, 0.15) is 12.0 Å². The highest BCUT2D eigenvalue weighted by molar-refractivity contribution is 6.52. The van der Waals surface area contributed by atoms with Crippen LogP contribution >= 0.6 is 0 Å². The maximum Gasteiger partial charge on any atom is 0.408 e. The zero-order valence-electron chi connectivity index (χ0n) is 8.52. The molecule has 0 spiro atoms. The van der Waals surface area contributed by atoms with Gasteiger partial charge in [0.25, 0.3) is 0 Å². The zero-order valence-corrected chi connectivity index (χ0v) is 8.52. The van der Waals surface area contributed by atoms with Gasteiger partial charge in [-0.3, -0.25) is 0 Å². The Morgan fingerprint density at radius 2 is 2.40 bits per heavy atom. The highest BCUT2D eigenvalue weighted by Gasteiger charge is 2.11. The standard InChI is InChI=1S/C9H14BFN2O2/c1-10(15)13-9-6-7(2-4-12-9)8(11)3-5-14/h2,4,6,8,14-15H,3,5H2,1H3,(H,12,13). The van der Waals surface area contributed by atoms with Gasteiger partial charge in [0.15, 0.2) is 0 Å². The van der Waals surface area contributed by atoms with Crippen molar-refractivity contribution in [2.75, 3.05) is 11.8 Å². The Balaban J connectivity index is 2.73. The summed E-state index contributed by atoms with van der Waals surface area (Å²) in [7, 11) is -0.733. The number of hydrogen-bond acceptors (Lipinski definition) is 4. The second kappa shape index (κ2) is 5.67. The van der Waals surface area contributed by atoms with Gasteiger partial charge >= 0.3 is 7.05 Å². The lowest BCUT2D eigenvalue weighted by Crippen LogP contribution is -2.20. The Morgan fingerprint density at radius 1 is 1.67 bits per heavy atom. The molecule has 0 saturated carbocycles. The van der Waals surface area contributed by atoms with Crippen molar-refractivity contribution in [3.05, 3.63) is 23.9 Å². The molecule has 1 aromatic rings. The minimum absolute atomic E-state index is 0.0676. The van der Waals surface area contributed by atoms with Crippen molar-refractivity contribution in [3.8, 4) is 0 Å². The number of aromatic nitrogens is 1. The molecule has 6 heteroatoms. The van der Waals surface area contributed by atoms with Crippen LogP contribution in [0.4, 0.5) is 10.2 Å². The lowest BCUT2D eigenvalue weighted by Gasteiger charge is -2.09. The molecule has 0 aliphatic heterocycles. The average molecular weight is 212 g/mol. The van der Waals surface area contributed by atoms with Crippen molar-refractivity contribution in [2.24, 2.45) is 0 Å². The number of pyridine rings is 1. The van der Waals surface area contributed by atoms with E-state index in [0.29, 0.717) is 11.4 Å². The second-order valence-corrected chi connectivity index (χ2v) is 3.27. The van der Waals surface area contributed by atoms with Gasteiger partial charge in [-0.1, -0.05) is 0 Å². The fraction of sp³-hybridized carbons (Fsp3) is 0.444. The summed E-state index contributed by atoms with van der Waals surface area (Å²) in [6.45, 7) is 1.36. The van der Waals surface area contributed by atoms with Crippen LogP contribution in [-0.2, 0) is 0 Å². The van der Waals surface area contributed by atoms with E-state index in [4.69, 9.17) is 10.1 Å². The fourth-order valence-corrected chi connectivity index (χ4v) is 1.21. The van der Waals surface area contributed by atoms with Gasteiger partial charge < -0.3 is 15.4 Å². The molecule has 0 aliphatic rings. The molecule has 0 radical (unpaired) electrons. The third-order valence-corrected chi connectivity index (χ3v) is 1.88. The molecule has 0 bridgehead atoms. The van der Waals surface area contributed by atoms with Crippen LogP contribution in [0.5, 0.6) is 0 Å². The number of hydrogen-bond donors (Lipinski definition) is 3. The number of aliphatic hydroxyl groups excluding tert-OH is 1. The molecule has 0 saturated heterocycles. The SMILES string of the molecule is CB(O)Nc1cc(C(F)CCO)ccn1. The van der Waals surface area contributed by atoms with Gasteiger partial charge in [-0.05, 0) is 24.5 Å². The first-order chi connectivity index (χ1) is 7.13. The summed E-state index contributed by atoms with van der Waals surface area (Å²) in [6, 6.07) is 3.07. The number of anilines is 1. The molecule has 1 rings (SSSR count). The number of nitrogens with zero attached hydrogens (tertiary/aromatic N) is 1. The van der Waals surface area contributed by atoms with Crippen LogP contribution in [0.3, 0.4) is 0 Å². The van der Waals surface area contributed by atoms with Gasteiger partial charge in [0.05, 0.1) is 0 Å². The van der Waals surface area contributed by atoms with E-state index in [0.717, 1.165) is 0 Å². The molecule has 0 amide bonds. The average Bonchev–Trinajstić information content (AvgIpc) is 2.17. The van der Waals surface area contributed by atoms with Crippen molar-refractivity contribution < 1.29 is 14.5 Å². The summed E-state index contributed by atoms with van der Waals surface area (Å²) >= 11 is 0. The number of aliphatic hydroxyl groups is 1. The predicted molar refractivity (Wildman–Crippen MR) is 57.2 cm³/mol. The van der Waals surface area contributed by atoms with Gasteiger partial charge in [0, 0.05) is 19.2 Å². The molecule has 1 atom stereocenters. The molecular weight excluding hydrogens is 198 g/mol. The summed E-state index contributed by atoms with van der Waals surface area (Å²) in [5.74, 6) is 0.420. The molecule has 0 fully saturated rings. The number of alkyl halides is 1. The topological polar surface area (TPSA) is 65.4 Å². The zero-order chi connectivity index (χ0) is 11.3. The minimum Gasteiger partial charge on any atom is -0.433 e. The van der Waals surface area contributed by atoms with Crippen LogP contribution in [-0.4, -0.2) is 28.8 Å². The van der Waals surface area contributed by atoms with Gasteiger partial charge in [-0.25, -0.2) is 9.37 Å². The first-order valence-corrected chi connectivity index (χ1v) is 4.79. The second-order valence-electron chi connectivity index (χ2n) is 3.27. The Hall–Kier alpha value is -1.14. The Labute approximate surface area is 88.3 Å². The van der Waals surface area contributed by atoms with E-state index in [9.17, 15) is 4.39 Å². The molecular formula is C9H14BFN2O2. The Kier molecular flexibility index (Phi) is 4.52.